The first-order valence-electron chi connectivity index (χ1n) is 10.4. The largest absolute Gasteiger partial charge is 0.478 e. The monoisotopic (exact) mass is 418 g/mol. The summed E-state index contributed by atoms with van der Waals surface area (Å²) in [6.45, 7) is 4.83. The van der Waals surface area contributed by atoms with Crippen molar-refractivity contribution < 1.29 is 14.7 Å². The van der Waals surface area contributed by atoms with Crippen molar-refractivity contribution in [2.75, 3.05) is 38.5 Å². The van der Waals surface area contributed by atoms with Gasteiger partial charge in [-0.15, -0.1) is 0 Å². The van der Waals surface area contributed by atoms with Gasteiger partial charge in [-0.3, -0.25) is 14.7 Å². The van der Waals surface area contributed by atoms with Gasteiger partial charge in [-0.1, -0.05) is 30.3 Å². The van der Waals surface area contributed by atoms with Crippen molar-refractivity contribution in [1.82, 2.24) is 14.8 Å². The van der Waals surface area contributed by atoms with Crippen molar-refractivity contribution in [1.29, 1.82) is 0 Å². The minimum Gasteiger partial charge on any atom is -0.478 e. The molecule has 1 amide bonds. The van der Waals surface area contributed by atoms with E-state index in [1.165, 1.54) is 6.07 Å². The molecule has 7 heteroatoms. The normalized spacial score (nSPS) is 16.2. The number of carbonyl (C=O) groups is 2. The van der Waals surface area contributed by atoms with Gasteiger partial charge in [0.05, 0.1) is 17.0 Å². The lowest BCUT2D eigenvalue weighted by molar-refractivity contribution is -0.122. The van der Waals surface area contributed by atoms with Gasteiger partial charge in [0.15, 0.2) is 0 Å². The van der Waals surface area contributed by atoms with Crippen LogP contribution in [0.15, 0.2) is 54.6 Å². The fraction of sp³-hybridized carbons (Fsp3) is 0.292. The number of benzene rings is 2. The molecule has 7 nitrogen and oxygen atoms in total. The van der Waals surface area contributed by atoms with Crippen LogP contribution in [0.3, 0.4) is 0 Å². The summed E-state index contributed by atoms with van der Waals surface area (Å²) in [5, 5.41) is 14.5. The Balaban J connectivity index is 1.65. The van der Waals surface area contributed by atoms with E-state index in [9.17, 15) is 14.7 Å². The number of aryl methyl sites for hydroxylation is 1. The molecule has 0 saturated carbocycles. The Bertz CT molecular complexity index is 1120. The van der Waals surface area contributed by atoms with E-state index < -0.39 is 12.0 Å². The maximum Gasteiger partial charge on any atom is 0.337 e. The second-order valence-electron chi connectivity index (χ2n) is 7.97. The number of likely N-dealkylation sites (N-methyl/N-ethyl adjacent to an activating group) is 1. The predicted molar refractivity (Wildman–Crippen MR) is 120 cm³/mol. The number of pyridine rings is 1. The minimum absolute atomic E-state index is 0.149. The molecule has 1 saturated heterocycles. The van der Waals surface area contributed by atoms with Crippen molar-refractivity contribution in [2.24, 2.45) is 0 Å². The lowest BCUT2D eigenvalue weighted by Gasteiger charge is -2.37. The molecule has 31 heavy (non-hydrogen) atoms. The third-order valence-electron chi connectivity index (χ3n) is 5.79. The summed E-state index contributed by atoms with van der Waals surface area (Å²) in [6, 6.07) is 16.4. The Hall–Kier alpha value is -3.29. The molecule has 2 aromatic carbocycles. The molecule has 0 spiro atoms. The van der Waals surface area contributed by atoms with E-state index >= 15 is 0 Å². The number of piperazine rings is 1. The molecule has 3 aromatic rings. The Morgan fingerprint density at radius 2 is 1.71 bits per heavy atom. The van der Waals surface area contributed by atoms with Crippen LogP contribution >= 0.6 is 0 Å². The molecule has 1 unspecified atom stereocenters. The molecule has 0 aliphatic carbocycles. The standard InChI is InChI=1S/C24H26N4O3/c1-16-20(24(30)31)9-10-21(25-16)22(28-13-11-27(2)12-14-28)23(29)26-19-8-7-17-5-3-4-6-18(17)15-19/h3-10,15,22H,11-14H2,1-2H3,(H,26,29)(H,30,31). The van der Waals surface area contributed by atoms with Crippen LogP contribution in [-0.4, -0.2) is 65.0 Å². The van der Waals surface area contributed by atoms with Gasteiger partial charge < -0.3 is 15.3 Å². The first kappa shape index (κ1) is 21.0. The molecular formula is C24H26N4O3. The summed E-state index contributed by atoms with van der Waals surface area (Å²) >= 11 is 0. The van der Waals surface area contributed by atoms with Crippen molar-refractivity contribution in [3.63, 3.8) is 0 Å². The number of carboxylic acid groups (broad SMARTS) is 1. The fourth-order valence-corrected chi connectivity index (χ4v) is 4.00. The number of aromatic nitrogens is 1. The third-order valence-corrected chi connectivity index (χ3v) is 5.79. The van der Waals surface area contributed by atoms with Crippen molar-refractivity contribution in [2.45, 2.75) is 13.0 Å². The van der Waals surface area contributed by atoms with E-state index in [2.05, 4.69) is 27.1 Å². The highest BCUT2D eigenvalue weighted by atomic mass is 16.4. The number of amides is 1. The molecule has 1 fully saturated rings. The number of hydrogen-bond donors (Lipinski definition) is 2. The topological polar surface area (TPSA) is 85.8 Å². The zero-order chi connectivity index (χ0) is 22.0. The smallest absolute Gasteiger partial charge is 0.337 e. The number of hydrogen-bond acceptors (Lipinski definition) is 5. The maximum absolute atomic E-state index is 13.4. The summed E-state index contributed by atoms with van der Waals surface area (Å²) in [5.41, 5.74) is 1.84. The van der Waals surface area contributed by atoms with Crippen LogP contribution in [0.5, 0.6) is 0 Å². The number of anilines is 1. The number of carbonyl (C=O) groups excluding carboxylic acids is 1. The molecule has 4 rings (SSSR count). The molecular weight excluding hydrogens is 392 g/mol. The molecule has 2 N–H and O–H groups in total. The number of rotatable bonds is 5. The zero-order valence-electron chi connectivity index (χ0n) is 17.7. The zero-order valence-corrected chi connectivity index (χ0v) is 17.7. The van der Waals surface area contributed by atoms with Crippen molar-refractivity contribution in [3.05, 3.63) is 71.5 Å². The fourth-order valence-electron chi connectivity index (χ4n) is 4.00. The van der Waals surface area contributed by atoms with Gasteiger partial charge in [-0.05, 0) is 49.0 Å². The first-order valence-corrected chi connectivity index (χ1v) is 10.4. The SMILES string of the molecule is Cc1nc(C(C(=O)Nc2ccc3ccccc3c2)N2CCN(C)CC2)ccc1C(=O)O. The summed E-state index contributed by atoms with van der Waals surface area (Å²) < 4.78 is 0. The van der Waals surface area contributed by atoms with Gasteiger partial charge in [-0.2, -0.15) is 0 Å². The van der Waals surface area contributed by atoms with E-state index in [4.69, 9.17) is 0 Å². The minimum atomic E-state index is -1.02. The van der Waals surface area contributed by atoms with Crippen LogP contribution < -0.4 is 5.32 Å². The van der Waals surface area contributed by atoms with Crippen LogP contribution in [0.4, 0.5) is 5.69 Å². The van der Waals surface area contributed by atoms with Crippen LogP contribution in [0, 0.1) is 6.92 Å². The molecule has 1 aliphatic rings. The highest BCUT2D eigenvalue weighted by molar-refractivity contribution is 5.97. The number of carboxylic acids is 1. The first-order chi connectivity index (χ1) is 14.9. The van der Waals surface area contributed by atoms with E-state index in [1.54, 1.807) is 13.0 Å². The lowest BCUT2D eigenvalue weighted by atomic mass is 10.1. The molecule has 2 heterocycles. The van der Waals surface area contributed by atoms with E-state index in [1.807, 2.05) is 42.5 Å². The van der Waals surface area contributed by atoms with Crippen molar-refractivity contribution in [3.8, 4) is 0 Å². The van der Waals surface area contributed by atoms with Gasteiger partial charge in [0, 0.05) is 31.9 Å². The van der Waals surface area contributed by atoms with E-state index in [0.29, 0.717) is 11.4 Å². The molecule has 1 aliphatic heterocycles. The second kappa shape index (κ2) is 8.83. The molecule has 1 aromatic heterocycles. The van der Waals surface area contributed by atoms with Gasteiger partial charge in [0.1, 0.15) is 6.04 Å². The van der Waals surface area contributed by atoms with Crippen LogP contribution in [0.25, 0.3) is 10.8 Å². The summed E-state index contributed by atoms with van der Waals surface area (Å²) in [4.78, 5) is 33.7. The van der Waals surface area contributed by atoms with E-state index in [-0.39, 0.29) is 11.5 Å². The number of nitrogens with one attached hydrogen (secondary N) is 1. The Morgan fingerprint density at radius 3 is 2.39 bits per heavy atom. The Kier molecular flexibility index (Phi) is 5.97. The number of nitrogens with zero attached hydrogens (tertiary/aromatic N) is 3. The van der Waals surface area contributed by atoms with Crippen LogP contribution in [-0.2, 0) is 4.79 Å². The van der Waals surface area contributed by atoms with Gasteiger partial charge in [0.25, 0.3) is 0 Å². The average molecular weight is 418 g/mol. The highest BCUT2D eigenvalue weighted by Crippen LogP contribution is 2.25. The molecule has 160 valence electrons. The quantitative estimate of drug-likeness (QED) is 0.662. The summed E-state index contributed by atoms with van der Waals surface area (Å²) in [6.07, 6.45) is 0. The van der Waals surface area contributed by atoms with E-state index in [0.717, 1.165) is 42.6 Å². The number of aromatic carboxylic acids is 1. The number of fused-ring (bicyclic) bond motifs is 1. The van der Waals surface area contributed by atoms with Gasteiger partial charge in [0.2, 0.25) is 5.91 Å². The van der Waals surface area contributed by atoms with Crippen molar-refractivity contribution >= 4 is 28.3 Å². The van der Waals surface area contributed by atoms with Gasteiger partial charge in [-0.25, -0.2) is 4.79 Å². The third kappa shape index (κ3) is 4.57. The maximum atomic E-state index is 13.4. The second-order valence-corrected chi connectivity index (χ2v) is 7.97. The van der Waals surface area contributed by atoms with Crippen LogP contribution in [0.1, 0.15) is 27.8 Å². The molecule has 1 atom stereocenters. The predicted octanol–water partition coefficient (Wildman–Crippen LogP) is 3.17. The van der Waals surface area contributed by atoms with Crippen LogP contribution in [0.2, 0.25) is 0 Å². The Labute approximate surface area is 181 Å². The molecule has 0 bridgehead atoms. The Morgan fingerprint density at radius 1 is 1.00 bits per heavy atom. The lowest BCUT2D eigenvalue weighted by Crippen LogP contribution is -2.49. The highest BCUT2D eigenvalue weighted by Gasteiger charge is 2.31. The summed E-state index contributed by atoms with van der Waals surface area (Å²) in [5.74, 6) is -1.19. The molecule has 0 radical (unpaired) electrons. The summed E-state index contributed by atoms with van der Waals surface area (Å²) in [7, 11) is 2.06. The average Bonchev–Trinajstić information content (AvgIpc) is 2.75. The van der Waals surface area contributed by atoms with Gasteiger partial charge >= 0.3 is 5.97 Å².